The molecule has 11 heavy (non-hydrogen) atoms. The van der Waals surface area contributed by atoms with Crippen LogP contribution in [0, 0.1) is 5.92 Å². The number of carboxylic acids is 1. The van der Waals surface area contributed by atoms with E-state index in [-0.39, 0.29) is 25.2 Å². The molecule has 1 saturated carbocycles. The van der Waals surface area contributed by atoms with E-state index in [1.165, 1.54) is 0 Å². The van der Waals surface area contributed by atoms with Gasteiger partial charge < -0.3 is 5.11 Å². The number of hydrogen-bond acceptors (Lipinski definition) is 1. The third kappa shape index (κ3) is 2.44. The molecule has 0 spiro atoms. The molecule has 0 heterocycles. The van der Waals surface area contributed by atoms with Crippen LogP contribution in [-0.2, 0) is 4.79 Å². The van der Waals surface area contributed by atoms with Crippen LogP contribution in [0.15, 0.2) is 0 Å². The Kier molecular flexibility index (Phi) is 2.11. The maximum Gasteiger partial charge on any atom is 0.303 e. The van der Waals surface area contributed by atoms with Crippen LogP contribution >= 0.6 is 0 Å². The SMILES string of the molecule is O=C(O)C[C@@H]1CCC(F)(F)C1. The highest BCUT2D eigenvalue weighted by atomic mass is 19.3. The fraction of sp³-hybridized carbons (Fsp3) is 0.857. The number of carbonyl (C=O) groups is 1. The van der Waals surface area contributed by atoms with Crippen LogP contribution in [0.1, 0.15) is 25.7 Å². The van der Waals surface area contributed by atoms with Gasteiger partial charge in [0.25, 0.3) is 0 Å². The molecule has 1 fully saturated rings. The number of carboxylic acid groups (broad SMARTS) is 1. The van der Waals surface area contributed by atoms with Crippen LogP contribution in [0.3, 0.4) is 0 Å². The lowest BCUT2D eigenvalue weighted by molar-refractivity contribution is -0.138. The number of rotatable bonds is 2. The van der Waals surface area contributed by atoms with Gasteiger partial charge in [-0.1, -0.05) is 0 Å². The number of aliphatic carboxylic acids is 1. The van der Waals surface area contributed by atoms with Gasteiger partial charge in [0.05, 0.1) is 0 Å². The minimum atomic E-state index is -2.61. The standard InChI is InChI=1S/C7H10F2O2/c8-7(9)2-1-5(4-7)3-6(10)11/h5H,1-4H2,(H,10,11)/t5-/m0/s1. The Morgan fingerprint density at radius 3 is 2.64 bits per heavy atom. The van der Waals surface area contributed by atoms with E-state index >= 15 is 0 Å². The van der Waals surface area contributed by atoms with Gasteiger partial charge in [-0.2, -0.15) is 0 Å². The third-order valence-corrected chi connectivity index (χ3v) is 1.97. The Labute approximate surface area is 63.2 Å². The minimum Gasteiger partial charge on any atom is -0.481 e. The molecule has 0 aromatic carbocycles. The lowest BCUT2D eigenvalue weighted by Crippen LogP contribution is -2.11. The van der Waals surface area contributed by atoms with Crippen molar-refractivity contribution in [1.82, 2.24) is 0 Å². The van der Waals surface area contributed by atoms with Gasteiger partial charge in [-0.05, 0) is 12.3 Å². The molecule has 64 valence electrons. The van der Waals surface area contributed by atoms with E-state index in [0.29, 0.717) is 6.42 Å². The zero-order valence-electron chi connectivity index (χ0n) is 6.02. The summed E-state index contributed by atoms with van der Waals surface area (Å²) in [5.74, 6) is -3.91. The summed E-state index contributed by atoms with van der Waals surface area (Å²) in [6.07, 6.45) is -0.168. The first-order chi connectivity index (χ1) is 4.99. The van der Waals surface area contributed by atoms with Crippen molar-refractivity contribution in [2.45, 2.75) is 31.6 Å². The monoisotopic (exact) mass is 164 g/mol. The summed E-state index contributed by atoms with van der Waals surface area (Å²) in [5.41, 5.74) is 0. The van der Waals surface area contributed by atoms with Gasteiger partial charge >= 0.3 is 5.97 Å². The van der Waals surface area contributed by atoms with Gasteiger partial charge in [-0.3, -0.25) is 4.79 Å². The average Bonchev–Trinajstić information content (AvgIpc) is 2.08. The smallest absolute Gasteiger partial charge is 0.303 e. The lowest BCUT2D eigenvalue weighted by atomic mass is 10.0. The highest BCUT2D eigenvalue weighted by Gasteiger charge is 2.39. The van der Waals surface area contributed by atoms with Gasteiger partial charge in [0.2, 0.25) is 5.92 Å². The number of halogens is 2. The Morgan fingerprint density at radius 1 is 1.64 bits per heavy atom. The molecule has 0 aliphatic heterocycles. The molecule has 0 radical (unpaired) electrons. The largest absolute Gasteiger partial charge is 0.481 e. The molecule has 2 nitrogen and oxygen atoms in total. The second kappa shape index (κ2) is 2.75. The van der Waals surface area contributed by atoms with E-state index in [9.17, 15) is 13.6 Å². The van der Waals surface area contributed by atoms with Crippen molar-refractivity contribution >= 4 is 5.97 Å². The summed E-state index contributed by atoms with van der Waals surface area (Å²) < 4.78 is 24.9. The molecule has 1 aliphatic carbocycles. The number of alkyl halides is 2. The van der Waals surface area contributed by atoms with Gasteiger partial charge in [0.15, 0.2) is 0 Å². The van der Waals surface area contributed by atoms with E-state index in [2.05, 4.69) is 0 Å². The zero-order chi connectivity index (χ0) is 8.48. The quantitative estimate of drug-likeness (QED) is 0.676. The molecule has 0 amide bonds. The van der Waals surface area contributed by atoms with Gasteiger partial charge in [-0.25, -0.2) is 8.78 Å². The Balaban J connectivity index is 2.36. The van der Waals surface area contributed by atoms with Crippen molar-refractivity contribution in [3.8, 4) is 0 Å². The van der Waals surface area contributed by atoms with Crippen molar-refractivity contribution in [3.05, 3.63) is 0 Å². The molecule has 0 unspecified atom stereocenters. The van der Waals surface area contributed by atoms with Crippen molar-refractivity contribution in [2.75, 3.05) is 0 Å². The van der Waals surface area contributed by atoms with E-state index in [1.54, 1.807) is 0 Å². The van der Waals surface area contributed by atoms with Crippen molar-refractivity contribution in [3.63, 3.8) is 0 Å². The maximum absolute atomic E-state index is 12.5. The summed E-state index contributed by atoms with van der Waals surface area (Å²) in [5, 5.41) is 8.30. The predicted molar refractivity (Wildman–Crippen MR) is 34.5 cm³/mol. The molecule has 1 N–H and O–H groups in total. The molecular weight excluding hydrogens is 154 g/mol. The molecule has 1 atom stereocenters. The molecule has 4 heteroatoms. The molecular formula is C7H10F2O2. The van der Waals surface area contributed by atoms with Crippen molar-refractivity contribution in [1.29, 1.82) is 0 Å². The highest BCUT2D eigenvalue weighted by molar-refractivity contribution is 5.67. The Morgan fingerprint density at radius 2 is 2.27 bits per heavy atom. The van der Waals surface area contributed by atoms with Crippen LogP contribution in [0.5, 0.6) is 0 Å². The first kappa shape index (κ1) is 8.43. The highest BCUT2D eigenvalue weighted by Crippen LogP contribution is 2.40. The molecule has 1 aliphatic rings. The van der Waals surface area contributed by atoms with Crippen LogP contribution in [0.25, 0.3) is 0 Å². The van der Waals surface area contributed by atoms with Gasteiger partial charge in [-0.15, -0.1) is 0 Å². The number of hydrogen-bond donors (Lipinski definition) is 1. The average molecular weight is 164 g/mol. The van der Waals surface area contributed by atoms with Gasteiger partial charge in [0.1, 0.15) is 0 Å². The fourth-order valence-corrected chi connectivity index (χ4v) is 1.46. The van der Waals surface area contributed by atoms with Crippen LogP contribution < -0.4 is 0 Å². The van der Waals surface area contributed by atoms with Crippen LogP contribution in [-0.4, -0.2) is 17.0 Å². The molecule has 1 rings (SSSR count). The first-order valence-corrected chi connectivity index (χ1v) is 3.59. The second-order valence-electron chi connectivity index (χ2n) is 3.06. The topological polar surface area (TPSA) is 37.3 Å². The fourth-order valence-electron chi connectivity index (χ4n) is 1.46. The maximum atomic E-state index is 12.5. The molecule has 0 bridgehead atoms. The minimum absolute atomic E-state index is 0.115. The second-order valence-corrected chi connectivity index (χ2v) is 3.06. The van der Waals surface area contributed by atoms with Crippen molar-refractivity contribution in [2.24, 2.45) is 5.92 Å². The third-order valence-electron chi connectivity index (χ3n) is 1.97. The van der Waals surface area contributed by atoms with E-state index in [4.69, 9.17) is 5.11 Å². The summed E-state index contributed by atoms with van der Waals surface area (Å²) in [7, 11) is 0. The summed E-state index contributed by atoms with van der Waals surface area (Å²) in [6, 6.07) is 0. The van der Waals surface area contributed by atoms with Crippen LogP contribution in [0.2, 0.25) is 0 Å². The van der Waals surface area contributed by atoms with E-state index in [0.717, 1.165) is 0 Å². The summed E-state index contributed by atoms with van der Waals surface area (Å²) in [6.45, 7) is 0. The molecule has 0 aromatic heterocycles. The normalized spacial score (nSPS) is 28.7. The van der Waals surface area contributed by atoms with E-state index < -0.39 is 11.9 Å². The summed E-state index contributed by atoms with van der Waals surface area (Å²) in [4.78, 5) is 10.1. The van der Waals surface area contributed by atoms with Gasteiger partial charge in [0, 0.05) is 19.3 Å². The predicted octanol–water partition coefficient (Wildman–Crippen LogP) is 1.90. The van der Waals surface area contributed by atoms with Crippen molar-refractivity contribution < 1.29 is 18.7 Å². The Bertz CT molecular complexity index is 168. The van der Waals surface area contributed by atoms with Crippen LogP contribution in [0.4, 0.5) is 8.78 Å². The zero-order valence-corrected chi connectivity index (χ0v) is 6.02. The Hall–Kier alpha value is -0.670. The molecule has 0 saturated heterocycles. The molecule has 0 aromatic rings. The summed E-state index contributed by atoms with van der Waals surface area (Å²) >= 11 is 0. The lowest BCUT2D eigenvalue weighted by Gasteiger charge is -2.07. The van der Waals surface area contributed by atoms with E-state index in [1.807, 2.05) is 0 Å². The first-order valence-electron chi connectivity index (χ1n) is 3.59.